The molecule has 0 saturated carbocycles. The molecule has 9 heteroatoms. The van der Waals surface area contributed by atoms with Gasteiger partial charge in [-0.25, -0.2) is 0 Å². The molecule has 1 amide bonds. The van der Waals surface area contributed by atoms with E-state index < -0.39 is 11.7 Å². The molecule has 1 aromatic carbocycles. The Hall–Kier alpha value is -2.81. The minimum atomic E-state index is -4.42. The van der Waals surface area contributed by atoms with Crippen molar-refractivity contribution in [3.05, 3.63) is 53.9 Å². The van der Waals surface area contributed by atoms with Crippen LogP contribution in [0.1, 0.15) is 17.5 Å². The number of pyridine rings is 1. The van der Waals surface area contributed by atoms with Gasteiger partial charge in [-0.05, 0) is 37.2 Å². The first kappa shape index (κ1) is 22.4. The van der Waals surface area contributed by atoms with Crippen molar-refractivity contribution in [2.45, 2.75) is 25.1 Å². The van der Waals surface area contributed by atoms with Crippen molar-refractivity contribution in [3.8, 4) is 0 Å². The number of anilines is 2. The van der Waals surface area contributed by atoms with Gasteiger partial charge in [0, 0.05) is 57.2 Å². The number of piperazine rings is 1. The molecule has 2 aliphatic rings. The Kier molecular flexibility index (Phi) is 6.55. The zero-order valence-electron chi connectivity index (χ0n) is 18.1. The third kappa shape index (κ3) is 5.51. The maximum Gasteiger partial charge on any atom is 0.417 e. The molecular weight excluding hydrogens is 419 g/mol. The lowest BCUT2D eigenvalue weighted by Crippen LogP contribution is -2.44. The molecule has 0 spiro atoms. The lowest BCUT2D eigenvalue weighted by molar-refractivity contribution is -0.137. The highest BCUT2D eigenvalue weighted by molar-refractivity contribution is 5.79. The molecule has 4 rings (SSSR count). The first-order valence-corrected chi connectivity index (χ1v) is 10.9. The van der Waals surface area contributed by atoms with Crippen molar-refractivity contribution >= 4 is 17.3 Å². The Morgan fingerprint density at radius 2 is 1.75 bits per heavy atom. The van der Waals surface area contributed by atoms with Crippen molar-refractivity contribution < 1.29 is 18.0 Å². The number of benzene rings is 1. The Labute approximate surface area is 186 Å². The van der Waals surface area contributed by atoms with Crippen molar-refractivity contribution in [2.24, 2.45) is 0 Å². The van der Waals surface area contributed by atoms with E-state index in [0.717, 1.165) is 44.0 Å². The summed E-state index contributed by atoms with van der Waals surface area (Å²) >= 11 is 0. The molecule has 0 bridgehead atoms. The Morgan fingerprint density at radius 3 is 2.44 bits per heavy atom. The van der Waals surface area contributed by atoms with E-state index in [2.05, 4.69) is 39.3 Å². The number of nitrogens with one attached hydrogen (secondary N) is 1. The maximum absolute atomic E-state index is 12.9. The average molecular weight is 448 g/mol. The largest absolute Gasteiger partial charge is 0.417 e. The lowest BCUT2D eigenvalue weighted by atomic mass is 10.1. The van der Waals surface area contributed by atoms with Crippen LogP contribution < -0.4 is 15.1 Å². The SMILES string of the molecule is CN1CCN(c2ccc(CC(=O)N[C@@H]3CCN(c4cncc(C(F)(F)F)c4)C3)cc2)CC1. The number of carbonyl (C=O) groups is 1. The van der Waals surface area contributed by atoms with Crippen LogP contribution >= 0.6 is 0 Å². The molecule has 1 aromatic heterocycles. The Bertz CT molecular complexity index is 926. The second-order valence-corrected chi connectivity index (χ2v) is 8.56. The summed E-state index contributed by atoms with van der Waals surface area (Å²) in [7, 11) is 2.12. The van der Waals surface area contributed by atoms with Crippen molar-refractivity contribution in [2.75, 3.05) is 56.1 Å². The number of carbonyl (C=O) groups excluding carboxylic acids is 1. The fraction of sp³-hybridized carbons (Fsp3) is 0.478. The maximum atomic E-state index is 12.9. The Morgan fingerprint density at radius 1 is 1.03 bits per heavy atom. The molecule has 3 heterocycles. The van der Waals surface area contributed by atoms with Gasteiger partial charge in [-0.2, -0.15) is 13.2 Å². The van der Waals surface area contributed by atoms with Gasteiger partial charge in [0.25, 0.3) is 0 Å². The lowest BCUT2D eigenvalue weighted by Gasteiger charge is -2.34. The molecule has 2 saturated heterocycles. The molecule has 2 aliphatic heterocycles. The summed E-state index contributed by atoms with van der Waals surface area (Å²) in [5.41, 5.74) is 1.78. The van der Waals surface area contributed by atoms with E-state index in [0.29, 0.717) is 25.2 Å². The topological polar surface area (TPSA) is 51.7 Å². The zero-order chi connectivity index (χ0) is 22.7. The fourth-order valence-corrected chi connectivity index (χ4v) is 4.22. The molecule has 2 fully saturated rings. The van der Waals surface area contributed by atoms with Crippen LogP contribution in [0.2, 0.25) is 0 Å². The number of hydrogen-bond donors (Lipinski definition) is 1. The first-order chi connectivity index (χ1) is 15.3. The molecule has 2 aromatic rings. The minimum absolute atomic E-state index is 0.0774. The quantitative estimate of drug-likeness (QED) is 0.764. The predicted molar refractivity (Wildman–Crippen MR) is 118 cm³/mol. The highest BCUT2D eigenvalue weighted by Gasteiger charge is 2.32. The van der Waals surface area contributed by atoms with Crippen LogP contribution in [0.3, 0.4) is 0 Å². The summed E-state index contributed by atoms with van der Waals surface area (Å²) in [5, 5.41) is 3.02. The van der Waals surface area contributed by atoms with Gasteiger partial charge >= 0.3 is 6.18 Å². The van der Waals surface area contributed by atoms with Crippen LogP contribution in [-0.2, 0) is 17.4 Å². The van der Waals surface area contributed by atoms with Crippen LogP contribution in [0, 0.1) is 0 Å². The van der Waals surface area contributed by atoms with Gasteiger partial charge in [0.2, 0.25) is 5.91 Å². The number of hydrogen-bond acceptors (Lipinski definition) is 5. The molecule has 6 nitrogen and oxygen atoms in total. The standard InChI is InChI=1S/C23H28F3N5O/c1-29-8-10-30(11-9-29)20-4-2-17(3-5-20)12-22(32)28-19-6-7-31(16-19)21-13-18(14-27-15-21)23(24,25)26/h2-5,13-15,19H,6-12,16H2,1H3,(H,28,32)/t19-/m1/s1. The van der Waals surface area contributed by atoms with Gasteiger partial charge in [-0.3, -0.25) is 9.78 Å². The van der Waals surface area contributed by atoms with E-state index in [1.54, 1.807) is 0 Å². The summed E-state index contributed by atoms with van der Waals surface area (Å²) in [6, 6.07) is 9.11. The third-order valence-corrected chi connectivity index (χ3v) is 6.14. The van der Waals surface area contributed by atoms with Gasteiger partial charge in [-0.15, -0.1) is 0 Å². The molecule has 0 unspecified atom stereocenters. The molecule has 0 radical (unpaired) electrons. The number of aromatic nitrogens is 1. The first-order valence-electron chi connectivity index (χ1n) is 10.9. The van der Waals surface area contributed by atoms with Crippen LogP contribution in [0.15, 0.2) is 42.7 Å². The van der Waals surface area contributed by atoms with Crippen LogP contribution in [0.4, 0.5) is 24.5 Å². The number of rotatable bonds is 5. The minimum Gasteiger partial charge on any atom is -0.369 e. The second kappa shape index (κ2) is 9.36. The molecule has 172 valence electrons. The summed E-state index contributed by atoms with van der Waals surface area (Å²) in [6.45, 7) is 5.12. The van der Waals surface area contributed by atoms with Crippen LogP contribution in [0.5, 0.6) is 0 Å². The Balaban J connectivity index is 1.28. The summed E-state index contributed by atoms with van der Waals surface area (Å²) in [6.07, 6.45) is -1.19. The highest BCUT2D eigenvalue weighted by Crippen LogP contribution is 2.31. The predicted octanol–water partition coefficient (Wildman–Crippen LogP) is 2.79. The van der Waals surface area contributed by atoms with Gasteiger partial charge < -0.3 is 20.0 Å². The van der Waals surface area contributed by atoms with E-state index in [-0.39, 0.29) is 18.4 Å². The van der Waals surface area contributed by atoms with Gasteiger partial charge in [0.05, 0.1) is 23.9 Å². The fourth-order valence-electron chi connectivity index (χ4n) is 4.22. The highest BCUT2D eigenvalue weighted by atomic mass is 19.4. The smallest absolute Gasteiger partial charge is 0.369 e. The van der Waals surface area contributed by atoms with Crippen molar-refractivity contribution in [3.63, 3.8) is 0 Å². The van der Waals surface area contributed by atoms with E-state index in [1.807, 2.05) is 17.0 Å². The summed E-state index contributed by atoms with van der Waals surface area (Å²) < 4.78 is 38.8. The number of alkyl halides is 3. The zero-order valence-corrected chi connectivity index (χ0v) is 18.1. The normalized spacial score (nSPS) is 19.9. The van der Waals surface area contributed by atoms with E-state index in [9.17, 15) is 18.0 Å². The second-order valence-electron chi connectivity index (χ2n) is 8.56. The van der Waals surface area contributed by atoms with E-state index >= 15 is 0 Å². The molecular formula is C23H28F3N5O. The van der Waals surface area contributed by atoms with E-state index in [1.165, 1.54) is 11.9 Å². The summed E-state index contributed by atoms with van der Waals surface area (Å²) in [4.78, 5) is 22.7. The number of amides is 1. The van der Waals surface area contributed by atoms with Crippen LogP contribution in [0.25, 0.3) is 0 Å². The van der Waals surface area contributed by atoms with Gasteiger partial charge in [0.15, 0.2) is 0 Å². The van der Waals surface area contributed by atoms with Crippen molar-refractivity contribution in [1.82, 2.24) is 15.2 Å². The number of halogens is 3. The van der Waals surface area contributed by atoms with Crippen LogP contribution in [-0.4, -0.2) is 68.1 Å². The average Bonchev–Trinajstić information content (AvgIpc) is 3.23. The molecule has 0 aliphatic carbocycles. The van der Waals surface area contributed by atoms with E-state index in [4.69, 9.17) is 0 Å². The number of nitrogens with zero attached hydrogens (tertiary/aromatic N) is 4. The monoisotopic (exact) mass is 447 g/mol. The molecule has 32 heavy (non-hydrogen) atoms. The van der Waals surface area contributed by atoms with Crippen molar-refractivity contribution in [1.29, 1.82) is 0 Å². The number of likely N-dealkylation sites (N-methyl/N-ethyl adjacent to an activating group) is 1. The molecule has 1 atom stereocenters. The summed E-state index contributed by atoms with van der Waals surface area (Å²) in [5.74, 6) is -0.0774. The van der Waals surface area contributed by atoms with Gasteiger partial charge in [0.1, 0.15) is 0 Å². The third-order valence-electron chi connectivity index (χ3n) is 6.14. The van der Waals surface area contributed by atoms with Gasteiger partial charge in [-0.1, -0.05) is 12.1 Å². The molecule has 1 N–H and O–H groups in total.